The molecule has 6 heteroatoms. The van der Waals surface area contributed by atoms with Crippen molar-refractivity contribution in [2.45, 2.75) is 19.1 Å². The molecule has 1 aromatic rings. The van der Waals surface area contributed by atoms with Crippen molar-refractivity contribution in [3.63, 3.8) is 0 Å². The summed E-state index contributed by atoms with van der Waals surface area (Å²) in [6.07, 6.45) is 3.66. The summed E-state index contributed by atoms with van der Waals surface area (Å²) < 4.78 is 10.8. The first-order chi connectivity index (χ1) is 8.78. The van der Waals surface area contributed by atoms with E-state index in [0.717, 1.165) is 31.3 Å². The molecule has 2 unspecified atom stereocenters. The molecular formula is C12H20N4O2. The molecule has 0 saturated carbocycles. The Balaban J connectivity index is 2.10. The smallest absolute Gasteiger partial charge is 0.149 e. The quantitative estimate of drug-likeness (QED) is 0.835. The van der Waals surface area contributed by atoms with E-state index in [1.165, 1.54) is 0 Å². The molecule has 0 amide bonds. The Hall–Kier alpha value is -1.40. The Morgan fingerprint density at radius 3 is 2.50 bits per heavy atom. The van der Waals surface area contributed by atoms with Gasteiger partial charge in [0.1, 0.15) is 23.8 Å². The highest BCUT2D eigenvalue weighted by Gasteiger charge is 2.33. The molecule has 1 N–H and O–H groups in total. The van der Waals surface area contributed by atoms with Gasteiger partial charge in [0.25, 0.3) is 0 Å². The summed E-state index contributed by atoms with van der Waals surface area (Å²) in [6.45, 7) is 4.42. The maximum atomic E-state index is 5.41. The van der Waals surface area contributed by atoms with Gasteiger partial charge in [-0.25, -0.2) is 4.98 Å². The Morgan fingerprint density at radius 2 is 1.94 bits per heavy atom. The van der Waals surface area contributed by atoms with Gasteiger partial charge in [0.05, 0.1) is 12.4 Å². The highest BCUT2D eigenvalue weighted by Crippen LogP contribution is 2.22. The topological polar surface area (TPSA) is 59.5 Å². The van der Waals surface area contributed by atoms with Crippen LogP contribution < -0.4 is 10.2 Å². The number of aromatic nitrogens is 2. The van der Waals surface area contributed by atoms with E-state index < -0.39 is 0 Å². The molecule has 0 bridgehead atoms. The number of ether oxygens (including phenoxy) is 2. The van der Waals surface area contributed by atoms with E-state index >= 15 is 0 Å². The van der Waals surface area contributed by atoms with Gasteiger partial charge in [-0.3, -0.25) is 4.98 Å². The van der Waals surface area contributed by atoms with Crippen molar-refractivity contribution in [1.29, 1.82) is 0 Å². The first kappa shape index (κ1) is 13.0. The van der Waals surface area contributed by atoms with E-state index in [1.807, 2.05) is 6.92 Å². The molecule has 100 valence electrons. The second-order valence-electron chi connectivity index (χ2n) is 4.25. The molecule has 2 heterocycles. The number of anilines is 2. The molecule has 2 rings (SSSR count). The fourth-order valence-corrected chi connectivity index (χ4v) is 2.16. The van der Waals surface area contributed by atoms with Gasteiger partial charge in [-0.2, -0.15) is 0 Å². The number of methoxy groups -OCH3 is 2. The lowest BCUT2D eigenvalue weighted by molar-refractivity contribution is -0.00461. The molecule has 1 aromatic heterocycles. The Kier molecular flexibility index (Phi) is 4.33. The van der Waals surface area contributed by atoms with E-state index in [2.05, 4.69) is 20.2 Å². The van der Waals surface area contributed by atoms with Gasteiger partial charge in [0.15, 0.2) is 0 Å². The van der Waals surface area contributed by atoms with E-state index in [1.54, 1.807) is 26.6 Å². The average molecular weight is 252 g/mol. The summed E-state index contributed by atoms with van der Waals surface area (Å²) in [5.41, 5.74) is 0. The first-order valence-corrected chi connectivity index (χ1v) is 6.15. The number of nitrogens with one attached hydrogen (secondary N) is 1. The highest BCUT2D eigenvalue weighted by molar-refractivity contribution is 5.45. The second-order valence-corrected chi connectivity index (χ2v) is 4.25. The maximum Gasteiger partial charge on any atom is 0.149 e. The molecule has 1 saturated heterocycles. The number of rotatable bonds is 5. The minimum Gasteiger partial charge on any atom is -0.377 e. The van der Waals surface area contributed by atoms with Crippen molar-refractivity contribution in [3.8, 4) is 0 Å². The molecule has 2 atom stereocenters. The normalized spacial score (nSPS) is 23.4. The maximum absolute atomic E-state index is 5.41. The molecular weight excluding hydrogens is 232 g/mol. The third kappa shape index (κ3) is 2.70. The summed E-state index contributed by atoms with van der Waals surface area (Å²) in [4.78, 5) is 10.9. The Morgan fingerprint density at radius 1 is 1.28 bits per heavy atom. The highest BCUT2D eigenvalue weighted by atomic mass is 16.5. The third-order valence-corrected chi connectivity index (χ3v) is 3.12. The molecule has 1 fully saturated rings. The SMILES string of the molecule is CCNc1cncc(N2CC(OC)C(OC)C2)n1. The minimum atomic E-state index is 0.0830. The number of hydrogen-bond acceptors (Lipinski definition) is 6. The van der Waals surface area contributed by atoms with Gasteiger partial charge < -0.3 is 19.7 Å². The number of nitrogens with zero attached hydrogens (tertiary/aromatic N) is 3. The first-order valence-electron chi connectivity index (χ1n) is 6.15. The summed E-state index contributed by atoms with van der Waals surface area (Å²) in [7, 11) is 3.42. The van der Waals surface area contributed by atoms with Gasteiger partial charge in [-0.15, -0.1) is 0 Å². The van der Waals surface area contributed by atoms with Crippen LogP contribution in [0.25, 0.3) is 0 Å². The zero-order valence-corrected chi connectivity index (χ0v) is 11.1. The molecule has 1 aliphatic heterocycles. The molecule has 1 aliphatic rings. The van der Waals surface area contributed by atoms with Crippen LogP contribution in [0.4, 0.5) is 11.6 Å². The fraction of sp³-hybridized carbons (Fsp3) is 0.667. The zero-order chi connectivity index (χ0) is 13.0. The van der Waals surface area contributed by atoms with E-state index in [9.17, 15) is 0 Å². The van der Waals surface area contributed by atoms with Gasteiger partial charge in [0.2, 0.25) is 0 Å². The summed E-state index contributed by atoms with van der Waals surface area (Å²) >= 11 is 0. The molecule has 6 nitrogen and oxygen atoms in total. The van der Waals surface area contributed by atoms with Crippen LogP contribution in [0.3, 0.4) is 0 Å². The predicted molar refractivity (Wildman–Crippen MR) is 70.0 cm³/mol. The molecule has 0 aliphatic carbocycles. The van der Waals surface area contributed by atoms with Crippen LogP contribution in [-0.4, -0.2) is 56.0 Å². The summed E-state index contributed by atoms with van der Waals surface area (Å²) in [5.74, 6) is 1.65. The minimum absolute atomic E-state index is 0.0830. The van der Waals surface area contributed by atoms with Gasteiger partial charge in [-0.05, 0) is 6.92 Å². The third-order valence-electron chi connectivity index (χ3n) is 3.12. The Labute approximate surface area is 107 Å². The van der Waals surface area contributed by atoms with Crippen LogP contribution in [-0.2, 0) is 9.47 Å². The predicted octanol–water partition coefficient (Wildman–Crippen LogP) is 0.758. The summed E-state index contributed by atoms with van der Waals surface area (Å²) in [5, 5.41) is 3.16. The monoisotopic (exact) mass is 252 g/mol. The van der Waals surface area contributed by atoms with Crippen molar-refractivity contribution in [3.05, 3.63) is 12.4 Å². The van der Waals surface area contributed by atoms with Gasteiger partial charge in [-0.1, -0.05) is 0 Å². The zero-order valence-electron chi connectivity index (χ0n) is 11.1. The molecule has 0 spiro atoms. The van der Waals surface area contributed by atoms with Crippen LogP contribution in [0.15, 0.2) is 12.4 Å². The van der Waals surface area contributed by atoms with Crippen molar-refractivity contribution >= 4 is 11.6 Å². The molecule has 0 radical (unpaired) electrons. The second kappa shape index (κ2) is 5.97. The van der Waals surface area contributed by atoms with Crippen LogP contribution in [0.5, 0.6) is 0 Å². The average Bonchev–Trinajstić information content (AvgIpc) is 2.82. The van der Waals surface area contributed by atoms with Crippen molar-refractivity contribution in [1.82, 2.24) is 9.97 Å². The van der Waals surface area contributed by atoms with Crippen LogP contribution in [0.2, 0.25) is 0 Å². The standard InChI is InChI=1S/C12H20N4O2/c1-4-14-11-5-13-6-12(15-11)16-7-9(17-2)10(8-16)18-3/h5-6,9-10H,4,7-8H2,1-3H3,(H,14,15). The van der Waals surface area contributed by atoms with Gasteiger partial charge in [0, 0.05) is 33.9 Å². The lowest BCUT2D eigenvalue weighted by Crippen LogP contribution is -2.27. The van der Waals surface area contributed by atoms with E-state index in [-0.39, 0.29) is 12.2 Å². The van der Waals surface area contributed by atoms with Gasteiger partial charge >= 0.3 is 0 Å². The van der Waals surface area contributed by atoms with E-state index in [4.69, 9.17) is 9.47 Å². The Bertz CT molecular complexity index is 376. The van der Waals surface area contributed by atoms with Crippen molar-refractivity contribution in [2.75, 3.05) is 44.1 Å². The van der Waals surface area contributed by atoms with Crippen molar-refractivity contribution < 1.29 is 9.47 Å². The van der Waals surface area contributed by atoms with Crippen LogP contribution in [0, 0.1) is 0 Å². The van der Waals surface area contributed by atoms with Crippen molar-refractivity contribution in [2.24, 2.45) is 0 Å². The van der Waals surface area contributed by atoms with E-state index in [0.29, 0.717) is 0 Å². The molecule has 0 aromatic carbocycles. The fourth-order valence-electron chi connectivity index (χ4n) is 2.16. The summed E-state index contributed by atoms with van der Waals surface area (Å²) in [6, 6.07) is 0. The lowest BCUT2D eigenvalue weighted by Gasteiger charge is -2.17. The number of hydrogen-bond donors (Lipinski definition) is 1. The molecule has 18 heavy (non-hydrogen) atoms. The van der Waals surface area contributed by atoms with Crippen LogP contribution >= 0.6 is 0 Å². The lowest BCUT2D eigenvalue weighted by atomic mass is 10.3. The largest absolute Gasteiger partial charge is 0.377 e. The van der Waals surface area contributed by atoms with Crippen LogP contribution in [0.1, 0.15) is 6.92 Å².